The number of thioether (sulfide) groups is 1. The third kappa shape index (κ3) is 2.66. The number of rotatable bonds is 1. The number of hydrogen-bond donors (Lipinski definition) is 1. The van der Waals surface area contributed by atoms with Crippen LogP contribution in [0.15, 0.2) is 0 Å². The zero-order valence-corrected chi connectivity index (χ0v) is 10.3. The second kappa shape index (κ2) is 4.89. The summed E-state index contributed by atoms with van der Waals surface area (Å²) in [6, 6.07) is 0. The Bertz CT molecular complexity index is 175. The highest BCUT2D eigenvalue weighted by atomic mass is 32.2. The summed E-state index contributed by atoms with van der Waals surface area (Å²) in [5.41, 5.74) is 0. The molecule has 1 nitrogen and oxygen atoms in total. The van der Waals surface area contributed by atoms with Crippen molar-refractivity contribution in [1.29, 1.82) is 0 Å². The van der Waals surface area contributed by atoms with Gasteiger partial charge in [0, 0.05) is 0 Å². The summed E-state index contributed by atoms with van der Waals surface area (Å²) in [6.45, 7) is 6.00. The molecule has 0 amide bonds. The number of hydrogen-bond acceptors (Lipinski definition) is 2. The molecule has 2 aliphatic rings. The summed E-state index contributed by atoms with van der Waals surface area (Å²) in [5, 5.41) is 4.49. The van der Waals surface area contributed by atoms with Gasteiger partial charge in [-0.15, -0.1) is 11.8 Å². The Balaban J connectivity index is 1.82. The lowest BCUT2D eigenvalue weighted by atomic mass is 9.82. The first-order valence-corrected chi connectivity index (χ1v) is 7.15. The Morgan fingerprint density at radius 2 is 2.00 bits per heavy atom. The summed E-state index contributed by atoms with van der Waals surface area (Å²) in [4.78, 5) is 0. The lowest BCUT2D eigenvalue weighted by Crippen LogP contribution is -2.42. The van der Waals surface area contributed by atoms with E-state index in [1.54, 1.807) is 0 Å². The summed E-state index contributed by atoms with van der Waals surface area (Å²) >= 11 is 2.17. The summed E-state index contributed by atoms with van der Waals surface area (Å²) in [7, 11) is 0. The average Bonchev–Trinajstić information content (AvgIpc) is 2.19. The fourth-order valence-corrected chi connectivity index (χ4v) is 4.15. The zero-order chi connectivity index (χ0) is 9.97. The third-order valence-electron chi connectivity index (χ3n) is 3.63. The van der Waals surface area contributed by atoms with Crippen molar-refractivity contribution >= 4 is 11.8 Å². The predicted molar refractivity (Wildman–Crippen MR) is 64.5 cm³/mol. The first-order valence-electron chi connectivity index (χ1n) is 6.10. The molecule has 0 bridgehead atoms. The van der Waals surface area contributed by atoms with Gasteiger partial charge < -0.3 is 5.32 Å². The first-order chi connectivity index (χ1) is 6.75. The molecule has 1 saturated heterocycles. The van der Waals surface area contributed by atoms with Gasteiger partial charge in [0.1, 0.15) is 0 Å². The van der Waals surface area contributed by atoms with E-state index < -0.39 is 0 Å². The maximum Gasteiger partial charge on any atom is 0.0561 e. The van der Waals surface area contributed by atoms with Crippen LogP contribution in [0.1, 0.15) is 39.5 Å². The van der Waals surface area contributed by atoms with Gasteiger partial charge >= 0.3 is 0 Å². The summed E-state index contributed by atoms with van der Waals surface area (Å²) in [6.07, 6.45) is 5.84. The molecule has 0 aromatic carbocycles. The molecule has 1 aliphatic carbocycles. The Kier molecular flexibility index (Phi) is 3.78. The van der Waals surface area contributed by atoms with Crippen molar-refractivity contribution < 1.29 is 0 Å². The van der Waals surface area contributed by atoms with E-state index in [1.165, 1.54) is 38.0 Å². The highest BCUT2D eigenvalue weighted by Crippen LogP contribution is 2.36. The summed E-state index contributed by atoms with van der Waals surface area (Å²) in [5.74, 6) is 4.16. The molecule has 4 unspecified atom stereocenters. The number of nitrogens with one attached hydrogen (secondary N) is 1. The van der Waals surface area contributed by atoms with Crippen LogP contribution in [-0.2, 0) is 0 Å². The highest BCUT2D eigenvalue weighted by Gasteiger charge is 2.29. The van der Waals surface area contributed by atoms with E-state index in [1.807, 2.05) is 0 Å². The van der Waals surface area contributed by atoms with E-state index in [0.717, 1.165) is 23.1 Å². The Labute approximate surface area is 92.4 Å². The van der Waals surface area contributed by atoms with Gasteiger partial charge in [0.05, 0.1) is 5.37 Å². The zero-order valence-electron chi connectivity index (χ0n) is 9.46. The van der Waals surface area contributed by atoms with Crippen molar-refractivity contribution in [3.05, 3.63) is 0 Å². The second-order valence-corrected chi connectivity index (χ2v) is 6.47. The smallest absolute Gasteiger partial charge is 0.0561 e. The van der Waals surface area contributed by atoms with E-state index in [4.69, 9.17) is 0 Å². The van der Waals surface area contributed by atoms with E-state index in [0.29, 0.717) is 0 Å². The molecule has 1 saturated carbocycles. The molecule has 0 aromatic heterocycles. The maximum atomic E-state index is 3.72. The van der Waals surface area contributed by atoms with Gasteiger partial charge in [-0.2, -0.15) is 0 Å². The van der Waals surface area contributed by atoms with Crippen molar-refractivity contribution in [1.82, 2.24) is 5.32 Å². The standard InChI is InChI=1S/C12H23NS/c1-9-4-3-5-11(6-9)12-13-7-10(2)8-14-12/h9-13H,3-8H2,1-2H3. The van der Waals surface area contributed by atoms with Crippen LogP contribution in [0.2, 0.25) is 0 Å². The van der Waals surface area contributed by atoms with Crippen LogP contribution in [-0.4, -0.2) is 17.7 Å². The summed E-state index contributed by atoms with van der Waals surface area (Å²) < 4.78 is 0. The second-order valence-electron chi connectivity index (χ2n) is 5.30. The maximum absolute atomic E-state index is 3.72. The van der Waals surface area contributed by atoms with E-state index >= 15 is 0 Å². The molecule has 2 rings (SSSR count). The fraction of sp³-hybridized carbons (Fsp3) is 1.00. The molecule has 4 atom stereocenters. The molecule has 0 spiro atoms. The molecule has 14 heavy (non-hydrogen) atoms. The lowest BCUT2D eigenvalue weighted by Gasteiger charge is -2.37. The van der Waals surface area contributed by atoms with Crippen molar-refractivity contribution in [2.75, 3.05) is 12.3 Å². The van der Waals surface area contributed by atoms with Crippen LogP contribution < -0.4 is 5.32 Å². The van der Waals surface area contributed by atoms with E-state index in [-0.39, 0.29) is 0 Å². The van der Waals surface area contributed by atoms with Gasteiger partial charge in [-0.25, -0.2) is 0 Å². The molecule has 2 fully saturated rings. The largest absolute Gasteiger partial charge is 0.305 e. The van der Waals surface area contributed by atoms with Crippen LogP contribution in [0.4, 0.5) is 0 Å². The van der Waals surface area contributed by atoms with Gasteiger partial charge in [0.25, 0.3) is 0 Å². The molecule has 1 aliphatic heterocycles. The third-order valence-corrected chi connectivity index (χ3v) is 5.31. The topological polar surface area (TPSA) is 12.0 Å². The quantitative estimate of drug-likeness (QED) is 0.718. The molecule has 2 heteroatoms. The van der Waals surface area contributed by atoms with Gasteiger partial charge in [-0.3, -0.25) is 0 Å². The normalized spacial score (nSPS) is 45.0. The minimum absolute atomic E-state index is 0.772. The average molecular weight is 213 g/mol. The molecule has 0 aromatic rings. The van der Waals surface area contributed by atoms with Crippen LogP contribution in [0.25, 0.3) is 0 Å². The fourth-order valence-electron chi connectivity index (χ4n) is 2.76. The molecular formula is C12H23NS. The van der Waals surface area contributed by atoms with Crippen LogP contribution in [0, 0.1) is 17.8 Å². The van der Waals surface area contributed by atoms with E-state index in [9.17, 15) is 0 Å². The molecule has 1 N–H and O–H groups in total. The first kappa shape index (κ1) is 10.8. The predicted octanol–water partition coefficient (Wildman–Crippen LogP) is 3.11. The Morgan fingerprint density at radius 3 is 2.64 bits per heavy atom. The van der Waals surface area contributed by atoms with Gasteiger partial charge in [0.2, 0.25) is 0 Å². The SMILES string of the molecule is CC1CNC(C2CCCC(C)C2)SC1. The van der Waals surface area contributed by atoms with Crippen molar-refractivity contribution in [3.8, 4) is 0 Å². The van der Waals surface area contributed by atoms with Crippen LogP contribution in [0.5, 0.6) is 0 Å². The van der Waals surface area contributed by atoms with Crippen molar-refractivity contribution in [2.24, 2.45) is 17.8 Å². The highest BCUT2D eigenvalue weighted by molar-refractivity contribution is 7.99. The molecule has 82 valence electrons. The van der Waals surface area contributed by atoms with Crippen molar-refractivity contribution in [3.63, 3.8) is 0 Å². The van der Waals surface area contributed by atoms with Crippen LogP contribution >= 0.6 is 11.8 Å². The molecule has 0 radical (unpaired) electrons. The molecular weight excluding hydrogens is 190 g/mol. The molecule has 1 heterocycles. The van der Waals surface area contributed by atoms with E-state index in [2.05, 4.69) is 30.9 Å². The minimum Gasteiger partial charge on any atom is -0.305 e. The Morgan fingerprint density at radius 1 is 1.14 bits per heavy atom. The lowest BCUT2D eigenvalue weighted by molar-refractivity contribution is 0.255. The minimum atomic E-state index is 0.772. The van der Waals surface area contributed by atoms with Gasteiger partial charge in [0.15, 0.2) is 0 Å². The van der Waals surface area contributed by atoms with Crippen LogP contribution in [0.3, 0.4) is 0 Å². The Hall–Kier alpha value is 0.310. The van der Waals surface area contributed by atoms with Gasteiger partial charge in [-0.05, 0) is 42.9 Å². The monoisotopic (exact) mass is 213 g/mol. The van der Waals surface area contributed by atoms with Gasteiger partial charge in [-0.1, -0.05) is 26.7 Å². The van der Waals surface area contributed by atoms with Crippen molar-refractivity contribution in [2.45, 2.75) is 44.9 Å².